The summed E-state index contributed by atoms with van der Waals surface area (Å²) >= 11 is 8.43. The van der Waals surface area contributed by atoms with Crippen molar-refractivity contribution in [1.82, 2.24) is 0 Å². The van der Waals surface area contributed by atoms with Gasteiger partial charge in [-0.05, 0) is 67.6 Å². The zero-order valence-corrected chi connectivity index (χ0v) is 22.6. The van der Waals surface area contributed by atoms with E-state index in [-0.39, 0.29) is 5.16 Å². The third kappa shape index (κ3) is 4.65. The van der Waals surface area contributed by atoms with Gasteiger partial charge in [-0.15, -0.1) is 11.8 Å². The van der Waals surface area contributed by atoms with Crippen LogP contribution in [0.4, 0.5) is 0 Å². The molecule has 0 amide bonds. The van der Waals surface area contributed by atoms with Gasteiger partial charge in [-0.1, -0.05) is 104 Å². The number of hydrogen-bond acceptors (Lipinski definition) is 2. The quantitative estimate of drug-likeness (QED) is 0.182. The Morgan fingerprint density at radius 2 is 1.00 bits per heavy atom. The lowest BCUT2D eigenvalue weighted by molar-refractivity contribution is 0.470. The fraction of sp³-hybridized carbons (Fsp3) is 0.219. The summed E-state index contributed by atoms with van der Waals surface area (Å²) in [6.45, 7) is 0. The molecule has 0 atom stereocenters. The largest absolute Gasteiger partial charge is 0.134 e. The fourth-order valence-corrected chi connectivity index (χ4v) is 13.7. The Bertz CT molecular complexity index is 1120. The predicted octanol–water partition coefficient (Wildman–Crippen LogP) is 7.94. The van der Waals surface area contributed by atoms with Crippen molar-refractivity contribution in [3.05, 3.63) is 127 Å². The van der Waals surface area contributed by atoms with E-state index < -0.39 is 7.26 Å². The first-order chi connectivity index (χ1) is 17.3. The highest BCUT2D eigenvalue weighted by Gasteiger charge is 2.64. The first kappa shape index (κ1) is 24.4. The molecule has 1 fully saturated rings. The van der Waals surface area contributed by atoms with Crippen LogP contribution in [0.5, 0.6) is 0 Å². The maximum absolute atomic E-state index is 6.52. The Kier molecular flexibility index (Phi) is 7.83. The van der Waals surface area contributed by atoms with Crippen LogP contribution in [-0.2, 0) is 5.75 Å². The minimum atomic E-state index is -2.10. The average Bonchev–Trinajstić information content (AvgIpc) is 2.95. The maximum atomic E-state index is 6.52. The molecule has 0 unspecified atom stereocenters. The minimum absolute atomic E-state index is 0.0515. The summed E-state index contributed by atoms with van der Waals surface area (Å²) in [6.07, 6.45) is 6.08. The van der Waals surface area contributed by atoms with Crippen molar-refractivity contribution in [3.63, 3.8) is 0 Å². The summed E-state index contributed by atoms with van der Waals surface area (Å²) in [5.74, 6) is 0.930. The molecule has 0 aliphatic heterocycles. The van der Waals surface area contributed by atoms with Gasteiger partial charge in [-0.25, -0.2) is 0 Å². The van der Waals surface area contributed by atoms with Crippen molar-refractivity contribution in [2.45, 2.75) is 43.0 Å². The molecule has 0 heterocycles. The van der Waals surface area contributed by atoms with E-state index in [1.165, 1.54) is 44.9 Å². The topological polar surface area (TPSA) is 0 Å². The molecule has 3 heteroatoms. The molecule has 35 heavy (non-hydrogen) atoms. The van der Waals surface area contributed by atoms with Crippen molar-refractivity contribution in [2.24, 2.45) is 0 Å². The summed E-state index contributed by atoms with van der Waals surface area (Å²) < 4.78 is 1.20. The second kappa shape index (κ2) is 11.2. The molecule has 5 rings (SSSR count). The lowest BCUT2D eigenvalue weighted by atomic mass is 9.89. The normalized spacial score (nSPS) is 15.4. The number of thiocarbonyl (C=S) groups is 1. The fourth-order valence-electron chi connectivity index (χ4n) is 5.81. The molecule has 1 aliphatic rings. The SMILES string of the molecule is S=C(SCc1ccccc1)C1([P+](c2ccccc2)(c2ccccc2)c2ccccc2)CCCCC1. The maximum Gasteiger partial charge on any atom is 0.134 e. The van der Waals surface area contributed by atoms with Crippen LogP contribution in [0.15, 0.2) is 121 Å². The summed E-state index contributed by atoms with van der Waals surface area (Å²) in [7, 11) is -2.10. The Hall–Kier alpha value is -2.25. The standard InChI is InChI=1S/C32H32PS2/c34-31(35-26-27-16-6-1-7-17-27)32(24-14-5-15-25-32)33(28-18-8-2-9-19-28,29-20-10-3-11-21-29)30-22-12-4-13-23-30/h1-4,6-13,16-23H,5,14-15,24-26H2/q+1. The molecule has 0 spiro atoms. The molecular formula is C32H32PS2+. The van der Waals surface area contributed by atoms with E-state index in [0.717, 1.165) is 18.6 Å². The van der Waals surface area contributed by atoms with Crippen LogP contribution in [0.1, 0.15) is 37.7 Å². The molecule has 4 aromatic carbocycles. The van der Waals surface area contributed by atoms with Gasteiger partial charge in [-0.2, -0.15) is 0 Å². The molecule has 176 valence electrons. The molecule has 0 bridgehead atoms. The second-order valence-electron chi connectivity index (χ2n) is 9.33. The van der Waals surface area contributed by atoms with Crippen LogP contribution in [0.3, 0.4) is 0 Å². The molecule has 0 saturated heterocycles. The molecule has 0 nitrogen and oxygen atoms in total. The van der Waals surface area contributed by atoms with Crippen molar-refractivity contribution in [1.29, 1.82) is 0 Å². The Labute approximate surface area is 220 Å². The molecule has 4 aromatic rings. The Morgan fingerprint density at radius 3 is 1.43 bits per heavy atom. The highest BCUT2D eigenvalue weighted by Crippen LogP contribution is 2.71. The number of thioether (sulfide) groups is 1. The first-order valence-corrected chi connectivity index (χ1v) is 15.7. The Balaban J connectivity index is 1.74. The first-order valence-electron chi connectivity index (χ1n) is 12.5. The van der Waals surface area contributed by atoms with Gasteiger partial charge in [0.2, 0.25) is 0 Å². The minimum Gasteiger partial charge on any atom is -0.110 e. The van der Waals surface area contributed by atoms with Crippen LogP contribution in [-0.4, -0.2) is 9.35 Å². The highest BCUT2D eigenvalue weighted by atomic mass is 32.2. The zero-order valence-electron chi connectivity index (χ0n) is 20.1. The van der Waals surface area contributed by atoms with Gasteiger partial charge in [0.1, 0.15) is 28.3 Å². The van der Waals surface area contributed by atoms with Gasteiger partial charge in [0.05, 0.1) is 4.20 Å². The third-order valence-corrected chi connectivity index (χ3v) is 14.7. The van der Waals surface area contributed by atoms with Crippen LogP contribution < -0.4 is 15.9 Å². The number of hydrogen-bond donors (Lipinski definition) is 0. The molecule has 0 aromatic heterocycles. The summed E-state index contributed by atoms with van der Waals surface area (Å²) in [5, 5.41) is 4.29. The van der Waals surface area contributed by atoms with Crippen molar-refractivity contribution in [3.8, 4) is 0 Å². The van der Waals surface area contributed by atoms with E-state index in [2.05, 4.69) is 121 Å². The van der Waals surface area contributed by atoms with E-state index in [0.29, 0.717) is 0 Å². The molecule has 0 N–H and O–H groups in total. The summed E-state index contributed by atoms with van der Waals surface area (Å²) in [4.78, 5) is 0. The van der Waals surface area contributed by atoms with Gasteiger partial charge in [0, 0.05) is 5.75 Å². The van der Waals surface area contributed by atoms with Crippen LogP contribution in [0.25, 0.3) is 0 Å². The predicted molar refractivity (Wildman–Crippen MR) is 161 cm³/mol. The molecule has 0 radical (unpaired) electrons. The van der Waals surface area contributed by atoms with E-state index in [4.69, 9.17) is 12.2 Å². The monoisotopic (exact) mass is 511 g/mol. The van der Waals surface area contributed by atoms with Gasteiger partial charge in [0.15, 0.2) is 0 Å². The lowest BCUT2D eigenvalue weighted by Crippen LogP contribution is -2.52. The number of rotatable bonds is 7. The van der Waals surface area contributed by atoms with Crippen LogP contribution in [0.2, 0.25) is 0 Å². The van der Waals surface area contributed by atoms with Crippen molar-refractivity contribution < 1.29 is 0 Å². The second-order valence-corrected chi connectivity index (χ2v) is 14.7. The average molecular weight is 512 g/mol. The smallest absolute Gasteiger partial charge is 0.110 e. The van der Waals surface area contributed by atoms with Crippen molar-refractivity contribution in [2.75, 3.05) is 0 Å². The summed E-state index contributed by atoms with van der Waals surface area (Å²) in [6, 6.07) is 44.7. The van der Waals surface area contributed by atoms with Gasteiger partial charge >= 0.3 is 0 Å². The van der Waals surface area contributed by atoms with Crippen LogP contribution >= 0.6 is 31.2 Å². The van der Waals surface area contributed by atoms with E-state index in [1.807, 2.05) is 11.8 Å². The molecule has 1 saturated carbocycles. The van der Waals surface area contributed by atoms with E-state index >= 15 is 0 Å². The number of benzene rings is 4. The van der Waals surface area contributed by atoms with Crippen LogP contribution in [0, 0.1) is 0 Å². The van der Waals surface area contributed by atoms with Gasteiger partial charge < -0.3 is 0 Å². The van der Waals surface area contributed by atoms with Crippen molar-refractivity contribution >= 4 is 51.4 Å². The zero-order chi connectivity index (χ0) is 24.0. The third-order valence-electron chi connectivity index (χ3n) is 7.35. The molecule has 1 aliphatic carbocycles. The van der Waals surface area contributed by atoms with E-state index in [1.54, 1.807) is 0 Å². The van der Waals surface area contributed by atoms with Gasteiger partial charge in [0.25, 0.3) is 0 Å². The molecular weight excluding hydrogens is 479 g/mol. The van der Waals surface area contributed by atoms with Gasteiger partial charge in [-0.3, -0.25) is 0 Å². The Morgan fingerprint density at radius 1 is 0.600 bits per heavy atom. The lowest BCUT2D eigenvalue weighted by Gasteiger charge is -2.47. The van der Waals surface area contributed by atoms with E-state index in [9.17, 15) is 0 Å². The summed E-state index contributed by atoms with van der Waals surface area (Å²) in [5.41, 5.74) is 1.34. The highest BCUT2D eigenvalue weighted by molar-refractivity contribution is 8.24.